The highest BCUT2D eigenvalue weighted by Crippen LogP contribution is 2.34. The molecule has 1 nitrogen and oxygen atoms in total. The first-order valence-electron chi connectivity index (χ1n) is 5.58. The lowest BCUT2D eigenvalue weighted by atomic mass is 10.1. The van der Waals surface area contributed by atoms with Gasteiger partial charge in [-0.05, 0) is 36.1 Å². The molecule has 0 spiro atoms. The van der Waals surface area contributed by atoms with E-state index in [0.717, 1.165) is 22.0 Å². The molecule has 1 aliphatic carbocycles. The van der Waals surface area contributed by atoms with E-state index in [1.165, 1.54) is 0 Å². The molecule has 1 aliphatic rings. The second-order valence-corrected chi connectivity index (χ2v) is 5.29. The predicted molar refractivity (Wildman–Crippen MR) is 64.2 cm³/mol. The summed E-state index contributed by atoms with van der Waals surface area (Å²) in [6.07, 6.45) is -2.19. The molecule has 0 bridgehead atoms. The maximum atomic E-state index is 12.8. The van der Waals surface area contributed by atoms with Crippen LogP contribution in [-0.4, -0.2) is 18.9 Å². The molecule has 100 valence electrons. The second-order valence-electron chi connectivity index (χ2n) is 4.38. The van der Waals surface area contributed by atoms with Crippen LogP contribution in [0.3, 0.4) is 0 Å². The standard InChI is InChI=1S/C12H12BrF4N/c13-8-3-1-7-2-4-10(9(7)5-8)18-6-12(16,17)11(14)15/h1,3,5,10-11,18H,2,4,6H2. The zero-order valence-electron chi connectivity index (χ0n) is 9.40. The van der Waals surface area contributed by atoms with Crippen molar-refractivity contribution in [3.63, 3.8) is 0 Å². The van der Waals surface area contributed by atoms with Gasteiger partial charge in [0.15, 0.2) is 0 Å². The van der Waals surface area contributed by atoms with Gasteiger partial charge in [0.1, 0.15) is 0 Å². The van der Waals surface area contributed by atoms with E-state index in [1.807, 2.05) is 18.2 Å². The van der Waals surface area contributed by atoms with Gasteiger partial charge >= 0.3 is 12.3 Å². The normalized spacial score (nSPS) is 19.3. The molecular weight excluding hydrogens is 314 g/mol. The van der Waals surface area contributed by atoms with Gasteiger partial charge in [-0.15, -0.1) is 0 Å². The van der Waals surface area contributed by atoms with Gasteiger partial charge < -0.3 is 5.32 Å². The minimum Gasteiger partial charge on any atom is -0.304 e. The van der Waals surface area contributed by atoms with Gasteiger partial charge in [0, 0.05) is 10.5 Å². The van der Waals surface area contributed by atoms with Crippen molar-refractivity contribution in [2.75, 3.05) is 6.54 Å². The number of hydrogen-bond donors (Lipinski definition) is 1. The second kappa shape index (κ2) is 5.17. The summed E-state index contributed by atoms with van der Waals surface area (Å²) in [4.78, 5) is 0. The molecule has 6 heteroatoms. The molecule has 1 aromatic carbocycles. The van der Waals surface area contributed by atoms with Gasteiger partial charge in [0.25, 0.3) is 0 Å². The van der Waals surface area contributed by atoms with Crippen LogP contribution in [0.2, 0.25) is 0 Å². The van der Waals surface area contributed by atoms with Crippen LogP contribution >= 0.6 is 15.9 Å². The summed E-state index contributed by atoms with van der Waals surface area (Å²) in [6.45, 7) is -0.999. The van der Waals surface area contributed by atoms with Crippen LogP contribution in [-0.2, 0) is 6.42 Å². The average Bonchev–Trinajstić information content (AvgIpc) is 2.68. The van der Waals surface area contributed by atoms with E-state index in [2.05, 4.69) is 21.2 Å². The smallest absolute Gasteiger partial charge is 0.304 e. The molecule has 18 heavy (non-hydrogen) atoms. The Labute approximate surface area is 111 Å². The molecule has 0 radical (unpaired) electrons. The van der Waals surface area contributed by atoms with Gasteiger partial charge in [0.2, 0.25) is 0 Å². The van der Waals surface area contributed by atoms with Crippen molar-refractivity contribution >= 4 is 15.9 Å². The minimum atomic E-state index is -3.98. The Balaban J connectivity index is 2.04. The Morgan fingerprint density at radius 1 is 1.39 bits per heavy atom. The van der Waals surface area contributed by atoms with Gasteiger partial charge in [0.05, 0.1) is 6.54 Å². The fourth-order valence-electron chi connectivity index (χ4n) is 2.12. The Morgan fingerprint density at radius 2 is 2.11 bits per heavy atom. The molecule has 1 atom stereocenters. The lowest BCUT2D eigenvalue weighted by molar-refractivity contribution is -0.126. The number of aryl methyl sites for hydroxylation is 1. The van der Waals surface area contributed by atoms with Crippen molar-refractivity contribution in [2.24, 2.45) is 0 Å². The first-order chi connectivity index (χ1) is 8.40. The van der Waals surface area contributed by atoms with Crippen LogP contribution in [0, 0.1) is 0 Å². The highest BCUT2D eigenvalue weighted by Gasteiger charge is 2.41. The molecule has 2 rings (SSSR count). The van der Waals surface area contributed by atoms with Crippen LogP contribution in [0.4, 0.5) is 17.6 Å². The third kappa shape index (κ3) is 2.85. The number of alkyl halides is 4. The Kier molecular flexibility index (Phi) is 3.96. The van der Waals surface area contributed by atoms with Crippen LogP contribution < -0.4 is 5.32 Å². The van der Waals surface area contributed by atoms with Crippen LogP contribution in [0.1, 0.15) is 23.6 Å². The van der Waals surface area contributed by atoms with Crippen molar-refractivity contribution in [2.45, 2.75) is 31.2 Å². The van der Waals surface area contributed by atoms with Crippen molar-refractivity contribution < 1.29 is 17.6 Å². The fourth-order valence-corrected chi connectivity index (χ4v) is 2.50. The Bertz CT molecular complexity index is 436. The monoisotopic (exact) mass is 325 g/mol. The lowest BCUT2D eigenvalue weighted by Crippen LogP contribution is -2.39. The highest BCUT2D eigenvalue weighted by atomic mass is 79.9. The molecule has 0 amide bonds. The predicted octanol–water partition coefficient (Wildman–Crippen LogP) is 3.93. The van der Waals surface area contributed by atoms with E-state index in [0.29, 0.717) is 6.42 Å². The molecule has 1 aromatic rings. The number of hydrogen-bond acceptors (Lipinski definition) is 1. The van der Waals surface area contributed by atoms with Crippen LogP contribution in [0.25, 0.3) is 0 Å². The third-order valence-electron chi connectivity index (χ3n) is 3.09. The van der Waals surface area contributed by atoms with Gasteiger partial charge in [-0.2, -0.15) is 8.78 Å². The van der Waals surface area contributed by atoms with E-state index in [-0.39, 0.29) is 6.04 Å². The van der Waals surface area contributed by atoms with E-state index >= 15 is 0 Å². The topological polar surface area (TPSA) is 12.0 Å². The molecule has 1 unspecified atom stereocenters. The first kappa shape index (κ1) is 13.8. The summed E-state index contributed by atoms with van der Waals surface area (Å²) in [5, 5.41) is 2.54. The third-order valence-corrected chi connectivity index (χ3v) is 3.58. The average molecular weight is 326 g/mol. The molecule has 0 saturated carbocycles. The van der Waals surface area contributed by atoms with Crippen LogP contribution in [0.5, 0.6) is 0 Å². The van der Waals surface area contributed by atoms with E-state index in [1.54, 1.807) is 0 Å². The molecule has 1 N–H and O–H groups in total. The van der Waals surface area contributed by atoms with Crippen molar-refractivity contribution in [3.8, 4) is 0 Å². The summed E-state index contributed by atoms with van der Waals surface area (Å²) < 4.78 is 50.6. The summed E-state index contributed by atoms with van der Waals surface area (Å²) in [5.41, 5.74) is 1.99. The summed E-state index contributed by atoms with van der Waals surface area (Å²) in [6, 6.07) is 5.38. The van der Waals surface area contributed by atoms with E-state index < -0.39 is 18.9 Å². The fraction of sp³-hybridized carbons (Fsp3) is 0.500. The maximum absolute atomic E-state index is 12.8. The number of fused-ring (bicyclic) bond motifs is 1. The zero-order chi connectivity index (χ0) is 13.3. The molecular formula is C12H12BrF4N. The zero-order valence-corrected chi connectivity index (χ0v) is 11.0. The van der Waals surface area contributed by atoms with Crippen LogP contribution in [0.15, 0.2) is 22.7 Å². The largest absolute Gasteiger partial charge is 0.319 e. The van der Waals surface area contributed by atoms with E-state index in [4.69, 9.17) is 0 Å². The van der Waals surface area contributed by atoms with E-state index in [9.17, 15) is 17.6 Å². The number of rotatable bonds is 4. The Hall–Kier alpha value is -0.620. The molecule has 0 heterocycles. The van der Waals surface area contributed by atoms with Crippen molar-refractivity contribution in [1.82, 2.24) is 5.32 Å². The SMILES string of the molecule is FC(F)C(F)(F)CNC1CCc2ccc(Br)cc21. The first-order valence-corrected chi connectivity index (χ1v) is 6.37. The van der Waals surface area contributed by atoms with Crippen molar-refractivity contribution in [3.05, 3.63) is 33.8 Å². The minimum absolute atomic E-state index is 0.276. The summed E-state index contributed by atoms with van der Waals surface area (Å²) >= 11 is 3.31. The van der Waals surface area contributed by atoms with Crippen molar-refractivity contribution in [1.29, 1.82) is 0 Å². The molecule has 0 aliphatic heterocycles. The number of halogens is 5. The maximum Gasteiger partial charge on any atom is 0.319 e. The number of nitrogens with one attached hydrogen (secondary N) is 1. The summed E-state index contributed by atoms with van der Waals surface area (Å²) in [5.74, 6) is -3.98. The van der Waals surface area contributed by atoms with Gasteiger partial charge in [-0.25, -0.2) is 8.78 Å². The van der Waals surface area contributed by atoms with Gasteiger partial charge in [-0.1, -0.05) is 22.0 Å². The Morgan fingerprint density at radius 3 is 2.78 bits per heavy atom. The molecule has 0 saturated heterocycles. The van der Waals surface area contributed by atoms with Gasteiger partial charge in [-0.3, -0.25) is 0 Å². The molecule has 0 fully saturated rings. The molecule has 0 aromatic heterocycles. The highest BCUT2D eigenvalue weighted by molar-refractivity contribution is 9.10. The number of benzene rings is 1. The quantitative estimate of drug-likeness (QED) is 0.827. The summed E-state index contributed by atoms with van der Waals surface area (Å²) in [7, 11) is 0. The lowest BCUT2D eigenvalue weighted by Gasteiger charge is -2.20.